The van der Waals surface area contributed by atoms with Gasteiger partial charge in [0.1, 0.15) is 0 Å². The molecule has 2 aliphatic rings. The van der Waals surface area contributed by atoms with Crippen molar-refractivity contribution in [2.24, 2.45) is 0 Å². The van der Waals surface area contributed by atoms with Gasteiger partial charge in [-0.15, -0.1) is 0 Å². The lowest BCUT2D eigenvalue weighted by molar-refractivity contribution is -0.113. The number of ketones is 1. The molecular weight excluding hydrogens is 164 g/mol. The Labute approximate surface area is 77.4 Å². The van der Waals surface area contributed by atoms with Gasteiger partial charge in [-0.05, 0) is 18.6 Å². The lowest BCUT2D eigenvalue weighted by Gasteiger charge is -2.15. The van der Waals surface area contributed by atoms with Gasteiger partial charge in [0.25, 0.3) is 0 Å². The number of fused-ring (bicyclic) bond motifs is 1. The van der Waals surface area contributed by atoms with Crippen molar-refractivity contribution in [1.82, 2.24) is 10.4 Å². The molecule has 1 aliphatic heterocycles. The Bertz CT molecular complexity index is 339. The summed E-state index contributed by atoms with van der Waals surface area (Å²) in [7, 11) is 1.94. The van der Waals surface area contributed by atoms with Crippen LogP contribution in [0, 0.1) is 0 Å². The van der Waals surface area contributed by atoms with Crippen molar-refractivity contribution in [3.05, 3.63) is 35.6 Å². The molecule has 0 aromatic heterocycles. The van der Waals surface area contributed by atoms with Crippen LogP contribution in [0.4, 0.5) is 0 Å². The Kier molecular flexibility index (Phi) is 1.81. The number of nitrogens with zero attached hydrogens (tertiary/aromatic N) is 1. The summed E-state index contributed by atoms with van der Waals surface area (Å²) in [6.07, 6.45) is 7.81. The zero-order chi connectivity index (χ0) is 9.42. The van der Waals surface area contributed by atoms with E-state index in [4.69, 9.17) is 0 Å². The van der Waals surface area contributed by atoms with Gasteiger partial charge in [-0.1, -0.05) is 12.2 Å². The fourth-order valence-corrected chi connectivity index (χ4v) is 1.56. The summed E-state index contributed by atoms with van der Waals surface area (Å²) in [5, 5.41) is 1.91. The van der Waals surface area contributed by atoms with E-state index in [1.807, 2.05) is 36.5 Å². The first-order valence-electron chi connectivity index (χ1n) is 4.28. The van der Waals surface area contributed by atoms with E-state index >= 15 is 0 Å². The molecule has 2 rings (SSSR count). The Hall–Kier alpha value is -1.35. The Morgan fingerprint density at radius 2 is 2.38 bits per heavy atom. The van der Waals surface area contributed by atoms with E-state index in [9.17, 15) is 4.79 Å². The molecule has 68 valence electrons. The van der Waals surface area contributed by atoms with Crippen LogP contribution >= 0.6 is 0 Å². The Morgan fingerprint density at radius 1 is 1.62 bits per heavy atom. The molecule has 0 fully saturated rings. The quantitative estimate of drug-likeness (QED) is 0.640. The highest BCUT2D eigenvalue weighted by molar-refractivity contribution is 5.97. The van der Waals surface area contributed by atoms with Crippen molar-refractivity contribution >= 4 is 5.78 Å². The van der Waals surface area contributed by atoms with Gasteiger partial charge >= 0.3 is 0 Å². The molecule has 0 amide bonds. The van der Waals surface area contributed by atoms with Crippen LogP contribution in [0.5, 0.6) is 0 Å². The topological polar surface area (TPSA) is 32.3 Å². The molecule has 1 N–H and O–H groups in total. The molecule has 1 unspecified atom stereocenters. The second-order valence-corrected chi connectivity index (χ2v) is 3.36. The van der Waals surface area contributed by atoms with E-state index in [0.29, 0.717) is 0 Å². The van der Waals surface area contributed by atoms with Gasteiger partial charge in [0, 0.05) is 18.8 Å². The zero-order valence-electron chi connectivity index (χ0n) is 7.74. The van der Waals surface area contributed by atoms with Crippen LogP contribution in [0.1, 0.15) is 6.92 Å². The number of hydrazine groups is 1. The molecule has 1 heterocycles. The summed E-state index contributed by atoms with van der Waals surface area (Å²) >= 11 is 0. The van der Waals surface area contributed by atoms with E-state index in [1.165, 1.54) is 0 Å². The molecule has 0 bridgehead atoms. The van der Waals surface area contributed by atoms with Crippen LogP contribution in [0.3, 0.4) is 0 Å². The maximum absolute atomic E-state index is 11.1. The summed E-state index contributed by atoms with van der Waals surface area (Å²) in [5.41, 5.74) is 5.14. The molecule has 3 nitrogen and oxygen atoms in total. The molecule has 0 spiro atoms. The van der Waals surface area contributed by atoms with Crippen LogP contribution in [0.2, 0.25) is 0 Å². The van der Waals surface area contributed by atoms with E-state index < -0.39 is 0 Å². The molecule has 0 saturated carbocycles. The lowest BCUT2D eigenvalue weighted by Crippen LogP contribution is -2.32. The van der Waals surface area contributed by atoms with E-state index in [1.54, 1.807) is 6.92 Å². The van der Waals surface area contributed by atoms with Crippen molar-refractivity contribution in [2.45, 2.75) is 13.0 Å². The van der Waals surface area contributed by atoms with Gasteiger partial charge in [0.15, 0.2) is 5.78 Å². The predicted molar refractivity (Wildman–Crippen MR) is 50.7 cm³/mol. The third-order valence-corrected chi connectivity index (χ3v) is 2.24. The van der Waals surface area contributed by atoms with Gasteiger partial charge in [-0.3, -0.25) is 4.79 Å². The number of rotatable bonds is 1. The van der Waals surface area contributed by atoms with Crippen molar-refractivity contribution in [2.75, 3.05) is 7.05 Å². The predicted octanol–water partition coefficient (Wildman–Crippen LogP) is 0.774. The molecule has 0 aromatic carbocycles. The maximum atomic E-state index is 11.1. The van der Waals surface area contributed by atoms with Crippen LogP contribution < -0.4 is 5.43 Å². The molecule has 3 heteroatoms. The minimum Gasteiger partial charge on any atom is -0.318 e. The number of nitrogens with one attached hydrogen (secondary N) is 1. The van der Waals surface area contributed by atoms with Gasteiger partial charge in [-0.25, -0.2) is 5.43 Å². The van der Waals surface area contributed by atoms with Crippen molar-refractivity contribution in [3.8, 4) is 0 Å². The fourth-order valence-electron chi connectivity index (χ4n) is 1.56. The summed E-state index contributed by atoms with van der Waals surface area (Å²) < 4.78 is 0. The van der Waals surface area contributed by atoms with Gasteiger partial charge < -0.3 is 5.01 Å². The first kappa shape index (κ1) is 8.26. The standard InChI is InChI=1S/C10H12N2O/c1-7(13)8-3-4-10-9(5-8)6-12(2)11-10/h3-6,10-11H,1-2H3. The molecule has 0 aromatic rings. The van der Waals surface area contributed by atoms with E-state index in [0.717, 1.165) is 11.1 Å². The average molecular weight is 176 g/mol. The third kappa shape index (κ3) is 1.42. The second-order valence-electron chi connectivity index (χ2n) is 3.36. The molecule has 1 atom stereocenters. The van der Waals surface area contributed by atoms with Crippen molar-refractivity contribution in [1.29, 1.82) is 0 Å². The van der Waals surface area contributed by atoms with Crippen LogP contribution in [0.25, 0.3) is 0 Å². The summed E-state index contributed by atoms with van der Waals surface area (Å²) in [6.45, 7) is 1.59. The summed E-state index contributed by atoms with van der Waals surface area (Å²) in [5.74, 6) is 0.116. The van der Waals surface area contributed by atoms with Crippen molar-refractivity contribution < 1.29 is 4.79 Å². The Balaban J connectivity index is 2.30. The number of hydrogen-bond donors (Lipinski definition) is 1. The number of allylic oxidation sites excluding steroid dienone is 2. The van der Waals surface area contributed by atoms with Crippen LogP contribution in [-0.2, 0) is 4.79 Å². The highest BCUT2D eigenvalue weighted by Gasteiger charge is 2.21. The number of carbonyl (C=O) groups excluding carboxylic acids is 1. The van der Waals surface area contributed by atoms with Crippen LogP contribution in [-0.4, -0.2) is 23.9 Å². The summed E-state index contributed by atoms with van der Waals surface area (Å²) in [6, 6.07) is 0.244. The monoisotopic (exact) mass is 176 g/mol. The SMILES string of the molecule is CC(=O)C1=CC2=CN(C)NC2C=C1. The van der Waals surface area contributed by atoms with E-state index in [2.05, 4.69) is 5.43 Å². The average Bonchev–Trinajstić information content (AvgIpc) is 2.42. The maximum Gasteiger partial charge on any atom is 0.159 e. The molecule has 13 heavy (non-hydrogen) atoms. The number of carbonyl (C=O) groups is 1. The minimum absolute atomic E-state index is 0.116. The normalized spacial score (nSPS) is 25.4. The number of hydrogen-bond acceptors (Lipinski definition) is 3. The second kappa shape index (κ2) is 2.85. The summed E-state index contributed by atoms with van der Waals surface area (Å²) in [4.78, 5) is 11.1. The molecule has 0 saturated heterocycles. The van der Waals surface area contributed by atoms with E-state index in [-0.39, 0.29) is 11.8 Å². The first-order valence-corrected chi connectivity index (χ1v) is 4.28. The lowest BCUT2D eigenvalue weighted by atomic mass is 9.97. The Morgan fingerprint density at radius 3 is 3.08 bits per heavy atom. The van der Waals surface area contributed by atoms with Gasteiger partial charge in [0.05, 0.1) is 6.04 Å². The smallest absolute Gasteiger partial charge is 0.159 e. The largest absolute Gasteiger partial charge is 0.318 e. The number of Topliss-reactive ketones (excluding diaryl/α,β-unsaturated/α-hetero) is 1. The minimum atomic E-state index is 0.116. The van der Waals surface area contributed by atoms with Gasteiger partial charge in [-0.2, -0.15) is 0 Å². The highest BCUT2D eigenvalue weighted by Crippen LogP contribution is 2.21. The zero-order valence-corrected chi connectivity index (χ0v) is 7.74. The third-order valence-electron chi connectivity index (χ3n) is 2.24. The fraction of sp³-hybridized carbons (Fsp3) is 0.300. The first-order chi connectivity index (χ1) is 6.16. The molecule has 0 radical (unpaired) electrons. The molecule has 1 aliphatic carbocycles. The molecular formula is C10H12N2O. The highest BCUT2D eigenvalue weighted by atomic mass is 16.1. The van der Waals surface area contributed by atoms with Crippen LogP contribution in [0.15, 0.2) is 35.6 Å². The van der Waals surface area contributed by atoms with Crippen molar-refractivity contribution in [3.63, 3.8) is 0 Å². The van der Waals surface area contributed by atoms with Gasteiger partial charge in [0.2, 0.25) is 0 Å².